The van der Waals surface area contributed by atoms with E-state index in [-0.39, 0.29) is 39.6 Å². The maximum atomic E-state index is 14.1. The summed E-state index contributed by atoms with van der Waals surface area (Å²) in [6.45, 7) is -0.737. The molecule has 13 heteroatoms. The summed E-state index contributed by atoms with van der Waals surface area (Å²) in [4.78, 5) is 31.5. The van der Waals surface area contributed by atoms with Gasteiger partial charge >= 0.3 is 5.69 Å². The van der Waals surface area contributed by atoms with Gasteiger partial charge in [-0.2, -0.15) is 10.4 Å². The van der Waals surface area contributed by atoms with E-state index >= 15 is 0 Å². The summed E-state index contributed by atoms with van der Waals surface area (Å²) < 4.78 is 50.7. The van der Waals surface area contributed by atoms with Gasteiger partial charge in [-0.25, -0.2) is 22.9 Å². The van der Waals surface area contributed by atoms with Crippen molar-refractivity contribution in [3.63, 3.8) is 0 Å². The van der Waals surface area contributed by atoms with Crippen molar-refractivity contribution in [2.75, 3.05) is 7.11 Å². The lowest BCUT2D eigenvalue weighted by Gasteiger charge is -2.17. The van der Waals surface area contributed by atoms with Crippen LogP contribution in [0.2, 0.25) is 5.02 Å². The Kier molecular flexibility index (Phi) is 6.91. The van der Waals surface area contributed by atoms with Crippen LogP contribution in [0.1, 0.15) is 17.0 Å². The van der Waals surface area contributed by atoms with Crippen LogP contribution in [-0.2, 0) is 20.1 Å². The summed E-state index contributed by atoms with van der Waals surface area (Å²) >= 11 is 6.41. The lowest BCUT2D eigenvalue weighted by molar-refractivity contribution is 0.418. The second kappa shape index (κ2) is 10.3. The largest absolute Gasteiger partial charge is 0.496 e. The smallest absolute Gasteiger partial charge is 0.332 e. The van der Waals surface area contributed by atoms with E-state index in [4.69, 9.17) is 16.3 Å². The highest BCUT2D eigenvalue weighted by Gasteiger charge is 2.21. The van der Waals surface area contributed by atoms with E-state index in [0.29, 0.717) is 16.7 Å². The van der Waals surface area contributed by atoms with Crippen molar-refractivity contribution in [1.82, 2.24) is 23.9 Å². The third kappa shape index (κ3) is 4.71. The number of halogens is 4. The second-order valence-corrected chi connectivity index (χ2v) is 9.25. The lowest BCUT2D eigenvalue weighted by Crippen LogP contribution is -2.41. The minimum absolute atomic E-state index is 0.0163. The number of fused-ring (bicyclic) bond motifs is 1. The maximum Gasteiger partial charge on any atom is 0.332 e. The Labute approximate surface area is 228 Å². The molecule has 9 nitrogen and oxygen atoms in total. The van der Waals surface area contributed by atoms with Crippen LogP contribution < -0.4 is 16.0 Å². The Balaban J connectivity index is 1.84. The zero-order chi connectivity index (χ0) is 28.7. The Hall–Kier alpha value is -4.89. The molecule has 0 fully saturated rings. The molecule has 0 saturated heterocycles. The molecule has 0 N–H and O–H groups in total. The van der Waals surface area contributed by atoms with Gasteiger partial charge in [0.25, 0.3) is 5.56 Å². The molecule has 5 rings (SSSR count). The zero-order valence-electron chi connectivity index (χ0n) is 21.0. The Morgan fingerprint density at radius 2 is 1.75 bits per heavy atom. The molecule has 0 unspecified atom stereocenters. The fourth-order valence-corrected chi connectivity index (χ4v) is 4.63. The normalized spacial score (nSPS) is 11.1. The molecular weight excluding hydrogens is 549 g/mol. The van der Waals surface area contributed by atoms with Crippen molar-refractivity contribution in [3.8, 4) is 22.9 Å². The standard InChI is InChI=1S/C27H18ClF3N6O3/c1-35-13-33-23(34-35)12-37-26(38)24-21(36(27(37)39)11-15-6-19(29)25(31)20(30)7-15)8-16(9-22(24)40-2)17-5-14(10-32)3-4-18(17)28/h3-9,13H,11-12H2,1-2H3. The maximum absolute atomic E-state index is 14.1. The molecular formula is C27H18ClF3N6O3. The van der Waals surface area contributed by atoms with Crippen molar-refractivity contribution >= 4 is 22.5 Å². The fraction of sp³-hybridized carbons (Fsp3) is 0.148. The number of benzene rings is 3. The minimum atomic E-state index is -1.65. The molecule has 0 bridgehead atoms. The number of nitrogens with zero attached hydrogens (tertiary/aromatic N) is 6. The van der Waals surface area contributed by atoms with Crippen LogP contribution in [0, 0.1) is 28.8 Å². The molecule has 3 aromatic carbocycles. The first-order valence-electron chi connectivity index (χ1n) is 11.6. The summed E-state index contributed by atoms with van der Waals surface area (Å²) in [5.41, 5.74) is -0.453. The average Bonchev–Trinajstić information content (AvgIpc) is 3.35. The molecule has 40 heavy (non-hydrogen) atoms. The van der Waals surface area contributed by atoms with E-state index < -0.39 is 35.2 Å². The first kappa shape index (κ1) is 26.7. The van der Waals surface area contributed by atoms with Crippen molar-refractivity contribution in [2.45, 2.75) is 13.1 Å². The van der Waals surface area contributed by atoms with E-state index in [1.165, 1.54) is 48.5 Å². The van der Waals surface area contributed by atoms with Gasteiger partial charge in [0.1, 0.15) is 17.5 Å². The number of rotatable bonds is 6. The molecule has 0 spiro atoms. The van der Waals surface area contributed by atoms with Gasteiger partial charge in [-0.15, -0.1) is 0 Å². The van der Waals surface area contributed by atoms with Gasteiger partial charge in [0.2, 0.25) is 0 Å². The highest BCUT2D eigenvalue weighted by atomic mass is 35.5. The molecule has 0 aliphatic rings. The quantitative estimate of drug-likeness (QED) is 0.288. The molecule has 0 atom stereocenters. The predicted octanol–water partition coefficient (Wildman–Crippen LogP) is 4.01. The highest BCUT2D eigenvalue weighted by Crippen LogP contribution is 2.35. The second-order valence-electron chi connectivity index (χ2n) is 8.85. The molecule has 0 aliphatic carbocycles. The van der Waals surface area contributed by atoms with Gasteiger partial charge in [0.05, 0.1) is 37.3 Å². The first-order chi connectivity index (χ1) is 19.1. The molecule has 0 amide bonds. The summed E-state index contributed by atoms with van der Waals surface area (Å²) in [6.07, 6.45) is 1.40. The number of ether oxygens (including phenoxy) is 1. The lowest BCUT2D eigenvalue weighted by atomic mass is 10.0. The summed E-state index contributed by atoms with van der Waals surface area (Å²) in [5.74, 6) is -4.28. The average molecular weight is 567 g/mol. The summed E-state index contributed by atoms with van der Waals surface area (Å²) in [6, 6.07) is 11.2. The molecule has 2 heterocycles. The van der Waals surface area contributed by atoms with E-state index in [0.717, 1.165) is 21.3 Å². The van der Waals surface area contributed by atoms with Gasteiger partial charge in [0.15, 0.2) is 23.3 Å². The van der Waals surface area contributed by atoms with Gasteiger partial charge in [-0.3, -0.25) is 18.6 Å². The Morgan fingerprint density at radius 3 is 2.38 bits per heavy atom. The highest BCUT2D eigenvalue weighted by molar-refractivity contribution is 6.33. The zero-order valence-corrected chi connectivity index (χ0v) is 21.7. The van der Waals surface area contributed by atoms with Gasteiger partial charge < -0.3 is 4.74 Å². The topological polar surface area (TPSA) is 108 Å². The number of hydrogen-bond donors (Lipinski definition) is 0. The minimum Gasteiger partial charge on any atom is -0.496 e. The molecule has 0 saturated carbocycles. The van der Waals surface area contributed by atoms with E-state index in [9.17, 15) is 28.0 Å². The van der Waals surface area contributed by atoms with Crippen LogP contribution >= 0.6 is 11.6 Å². The molecule has 0 radical (unpaired) electrons. The third-order valence-corrected chi connectivity index (χ3v) is 6.58. The molecule has 2 aromatic heterocycles. The van der Waals surface area contributed by atoms with Crippen LogP contribution in [0.3, 0.4) is 0 Å². The number of aromatic nitrogens is 5. The molecule has 202 valence electrons. The van der Waals surface area contributed by atoms with E-state index in [1.54, 1.807) is 7.05 Å². The number of nitriles is 1. The summed E-state index contributed by atoms with van der Waals surface area (Å²) in [7, 11) is 2.95. The van der Waals surface area contributed by atoms with Crippen molar-refractivity contribution in [3.05, 3.63) is 109 Å². The van der Waals surface area contributed by atoms with Crippen LogP contribution in [0.25, 0.3) is 22.0 Å². The van der Waals surface area contributed by atoms with Crippen LogP contribution in [0.15, 0.2) is 58.4 Å². The van der Waals surface area contributed by atoms with Crippen molar-refractivity contribution in [1.29, 1.82) is 5.26 Å². The van der Waals surface area contributed by atoms with Crippen molar-refractivity contribution < 1.29 is 17.9 Å². The number of hydrogen-bond acceptors (Lipinski definition) is 6. The fourth-order valence-electron chi connectivity index (χ4n) is 4.40. The van der Waals surface area contributed by atoms with Crippen LogP contribution in [-0.4, -0.2) is 31.0 Å². The monoisotopic (exact) mass is 566 g/mol. The third-order valence-electron chi connectivity index (χ3n) is 6.25. The number of aryl methyl sites for hydroxylation is 1. The predicted molar refractivity (Wildman–Crippen MR) is 140 cm³/mol. The van der Waals surface area contributed by atoms with Crippen LogP contribution in [0.5, 0.6) is 5.75 Å². The SMILES string of the molecule is COc1cc(-c2cc(C#N)ccc2Cl)cc2c1c(=O)n(Cc1ncn(C)n1)c(=O)n2Cc1cc(F)c(F)c(F)c1. The van der Waals surface area contributed by atoms with Gasteiger partial charge in [-0.1, -0.05) is 11.6 Å². The Morgan fingerprint density at radius 1 is 1.02 bits per heavy atom. The number of methoxy groups -OCH3 is 1. The molecule has 5 aromatic rings. The Bertz CT molecular complexity index is 1950. The van der Waals surface area contributed by atoms with E-state index in [2.05, 4.69) is 10.1 Å². The summed E-state index contributed by atoms with van der Waals surface area (Å²) in [5, 5.41) is 13.8. The first-order valence-corrected chi connectivity index (χ1v) is 12.0. The van der Waals surface area contributed by atoms with Gasteiger partial charge in [-0.05, 0) is 53.6 Å². The van der Waals surface area contributed by atoms with Crippen molar-refractivity contribution in [2.24, 2.45) is 7.05 Å². The van der Waals surface area contributed by atoms with E-state index in [1.807, 2.05) is 6.07 Å². The van der Waals surface area contributed by atoms with Crippen LogP contribution in [0.4, 0.5) is 13.2 Å². The van der Waals surface area contributed by atoms with Gasteiger partial charge in [0, 0.05) is 17.6 Å². The molecule has 0 aliphatic heterocycles.